The van der Waals surface area contributed by atoms with Crippen LogP contribution in [0.4, 0.5) is 5.95 Å². The lowest BCUT2D eigenvalue weighted by atomic mass is 9.89. The average molecular weight is 440 g/mol. The van der Waals surface area contributed by atoms with Crippen LogP contribution in [0.5, 0.6) is 0 Å². The third-order valence-corrected chi connectivity index (χ3v) is 5.90. The van der Waals surface area contributed by atoms with Gasteiger partial charge in [-0.2, -0.15) is 0 Å². The van der Waals surface area contributed by atoms with E-state index in [-0.39, 0.29) is 12.5 Å². The Morgan fingerprint density at radius 2 is 1.94 bits per heavy atom. The number of para-hydroxylation sites is 2. The SMILES string of the molecule is CCCCCN1C(=O)[C@@H](C(=O)OCC)[C@H](c2cccc(Cl)c2)n2c1nc1ccccc12. The van der Waals surface area contributed by atoms with Gasteiger partial charge in [-0.25, -0.2) is 4.98 Å². The number of halogens is 1. The van der Waals surface area contributed by atoms with Crippen LogP contribution in [-0.2, 0) is 14.3 Å². The number of aromatic nitrogens is 2. The number of fused-ring (bicyclic) bond motifs is 3. The molecule has 4 rings (SSSR count). The molecular formula is C24H26ClN3O3. The molecule has 2 atom stereocenters. The first kappa shape index (κ1) is 21.4. The molecule has 0 saturated heterocycles. The van der Waals surface area contributed by atoms with Crippen LogP contribution in [0.1, 0.15) is 44.7 Å². The normalized spacial score (nSPS) is 18.3. The van der Waals surface area contributed by atoms with Crippen molar-refractivity contribution in [2.24, 2.45) is 5.92 Å². The van der Waals surface area contributed by atoms with E-state index in [0.29, 0.717) is 17.5 Å². The van der Waals surface area contributed by atoms with Crippen molar-refractivity contribution in [2.45, 2.75) is 39.2 Å². The highest BCUT2D eigenvalue weighted by Crippen LogP contribution is 2.41. The van der Waals surface area contributed by atoms with Gasteiger partial charge in [-0.05, 0) is 43.2 Å². The molecule has 0 spiro atoms. The molecule has 6 nitrogen and oxygen atoms in total. The number of carbonyl (C=O) groups is 2. The molecule has 1 aliphatic rings. The minimum Gasteiger partial charge on any atom is -0.465 e. The lowest BCUT2D eigenvalue weighted by molar-refractivity contribution is -0.153. The Morgan fingerprint density at radius 3 is 2.68 bits per heavy atom. The number of amides is 1. The van der Waals surface area contributed by atoms with Crippen molar-refractivity contribution >= 4 is 40.5 Å². The number of imidazole rings is 1. The summed E-state index contributed by atoms with van der Waals surface area (Å²) in [5.41, 5.74) is 2.42. The second-order valence-corrected chi connectivity index (χ2v) is 8.13. The first-order valence-corrected chi connectivity index (χ1v) is 11.1. The van der Waals surface area contributed by atoms with Gasteiger partial charge in [0.25, 0.3) is 0 Å². The van der Waals surface area contributed by atoms with Gasteiger partial charge < -0.3 is 9.30 Å². The van der Waals surface area contributed by atoms with Crippen LogP contribution in [0.25, 0.3) is 11.0 Å². The van der Waals surface area contributed by atoms with E-state index in [1.54, 1.807) is 24.0 Å². The van der Waals surface area contributed by atoms with Crippen LogP contribution in [0.2, 0.25) is 5.02 Å². The van der Waals surface area contributed by atoms with Crippen molar-refractivity contribution in [2.75, 3.05) is 18.1 Å². The molecule has 1 aromatic heterocycles. The number of unbranched alkanes of at least 4 members (excludes halogenated alkanes) is 2. The number of esters is 1. The van der Waals surface area contributed by atoms with Gasteiger partial charge in [0.15, 0.2) is 5.92 Å². The maximum Gasteiger partial charge on any atom is 0.321 e. The van der Waals surface area contributed by atoms with Gasteiger partial charge in [-0.1, -0.05) is 55.6 Å². The van der Waals surface area contributed by atoms with Crippen molar-refractivity contribution in [3.63, 3.8) is 0 Å². The second-order valence-electron chi connectivity index (χ2n) is 7.70. The van der Waals surface area contributed by atoms with Gasteiger partial charge in [0.1, 0.15) is 0 Å². The zero-order valence-corrected chi connectivity index (χ0v) is 18.5. The van der Waals surface area contributed by atoms with Crippen LogP contribution in [0, 0.1) is 5.92 Å². The summed E-state index contributed by atoms with van der Waals surface area (Å²) in [6.45, 7) is 4.58. The molecule has 3 aromatic rings. The maximum atomic E-state index is 13.7. The zero-order chi connectivity index (χ0) is 22.0. The number of hydrogen-bond acceptors (Lipinski definition) is 4. The third kappa shape index (κ3) is 3.92. The monoisotopic (exact) mass is 439 g/mol. The number of ether oxygens (including phenoxy) is 1. The highest BCUT2D eigenvalue weighted by atomic mass is 35.5. The van der Waals surface area contributed by atoms with Gasteiger partial charge >= 0.3 is 5.97 Å². The van der Waals surface area contributed by atoms with E-state index in [9.17, 15) is 9.59 Å². The molecule has 0 N–H and O–H groups in total. The van der Waals surface area contributed by atoms with Crippen LogP contribution in [0.15, 0.2) is 48.5 Å². The number of rotatable bonds is 7. The van der Waals surface area contributed by atoms with Gasteiger partial charge in [-0.15, -0.1) is 0 Å². The molecular weight excluding hydrogens is 414 g/mol. The number of nitrogens with zero attached hydrogens (tertiary/aromatic N) is 3. The maximum absolute atomic E-state index is 13.7. The molecule has 1 amide bonds. The predicted octanol–water partition coefficient (Wildman–Crippen LogP) is 5.00. The first-order chi connectivity index (χ1) is 15.1. The Kier molecular flexibility index (Phi) is 6.28. The lowest BCUT2D eigenvalue weighted by Gasteiger charge is -2.38. The van der Waals surface area contributed by atoms with Gasteiger partial charge in [0.2, 0.25) is 11.9 Å². The van der Waals surface area contributed by atoms with Crippen LogP contribution in [-0.4, -0.2) is 34.6 Å². The Morgan fingerprint density at radius 1 is 1.13 bits per heavy atom. The average Bonchev–Trinajstić information content (AvgIpc) is 3.14. The van der Waals surface area contributed by atoms with Crippen LogP contribution >= 0.6 is 11.6 Å². The van der Waals surface area contributed by atoms with Crippen molar-refractivity contribution in [1.82, 2.24) is 9.55 Å². The van der Waals surface area contributed by atoms with E-state index in [1.807, 2.05) is 41.0 Å². The van der Waals surface area contributed by atoms with Crippen molar-refractivity contribution < 1.29 is 14.3 Å². The highest BCUT2D eigenvalue weighted by molar-refractivity contribution is 6.30. The van der Waals surface area contributed by atoms with E-state index < -0.39 is 17.9 Å². The molecule has 2 aromatic carbocycles. The molecule has 0 aliphatic carbocycles. The van der Waals surface area contributed by atoms with Gasteiger partial charge in [-0.3, -0.25) is 14.5 Å². The fourth-order valence-electron chi connectivity index (χ4n) is 4.27. The van der Waals surface area contributed by atoms with Crippen molar-refractivity contribution in [1.29, 1.82) is 0 Å². The van der Waals surface area contributed by atoms with E-state index >= 15 is 0 Å². The molecule has 0 radical (unpaired) electrons. The number of benzene rings is 2. The molecule has 1 aliphatic heterocycles. The third-order valence-electron chi connectivity index (χ3n) is 5.66. The summed E-state index contributed by atoms with van der Waals surface area (Å²) in [7, 11) is 0. The molecule has 7 heteroatoms. The summed E-state index contributed by atoms with van der Waals surface area (Å²) in [4.78, 5) is 33.2. The predicted molar refractivity (Wildman–Crippen MR) is 121 cm³/mol. The Labute approximate surface area is 186 Å². The highest BCUT2D eigenvalue weighted by Gasteiger charge is 2.47. The quantitative estimate of drug-likeness (QED) is 0.295. The van der Waals surface area contributed by atoms with E-state index in [4.69, 9.17) is 21.3 Å². The topological polar surface area (TPSA) is 64.4 Å². The summed E-state index contributed by atoms with van der Waals surface area (Å²) in [6.07, 6.45) is 2.86. The largest absolute Gasteiger partial charge is 0.465 e. The Bertz CT molecular complexity index is 1110. The summed E-state index contributed by atoms with van der Waals surface area (Å²) in [5.74, 6) is -1.25. The molecule has 0 unspecified atom stereocenters. The summed E-state index contributed by atoms with van der Waals surface area (Å²) < 4.78 is 7.35. The Hall–Kier alpha value is -2.86. The zero-order valence-electron chi connectivity index (χ0n) is 17.8. The molecule has 162 valence electrons. The van der Waals surface area contributed by atoms with Crippen LogP contribution in [0.3, 0.4) is 0 Å². The lowest BCUT2D eigenvalue weighted by Crippen LogP contribution is -2.50. The molecule has 0 bridgehead atoms. The number of hydrogen-bond donors (Lipinski definition) is 0. The minimum absolute atomic E-state index is 0.207. The number of anilines is 1. The van der Waals surface area contributed by atoms with E-state index in [2.05, 4.69) is 6.92 Å². The molecule has 0 fully saturated rings. The Balaban J connectivity index is 1.94. The van der Waals surface area contributed by atoms with E-state index in [0.717, 1.165) is 35.9 Å². The van der Waals surface area contributed by atoms with Gasteiger partial charge in [0.05, 0.1) is 23.7 Å². The molecule has 31 heavy (non-hydrogen) atoms. The number of carbonyl (C=O) groups excluding carboxylic acids is 2. The minimum atomic E-state index is -1.01. The second kappa shape index (κ2) is 9.10. The molecule has 2 heterocycles. The fourth-order valence-corrected chi connectivity index (χ4v) is 4.47. The molecule has 0 saturated carbocycles. The standard InChI is InChI=1S/C24H26ClN3O3/c1-3-5-8-14-27-22(29)20(23(30)31-4-2)21(16-10-9-11-17(25)15-16)28-19-13-7-6-12-18(19)26-24(27)28/h6-7,9-13,15,20-21H,3-5,8,14H2,1-2H3/t20-,21-/m0/s1. The van der Waals surface area contributed by atoms with Crippen LogP contribution < -0.4 is 4.90 Å². The van der Waals surface area contributed by atoms with Crippen molar-refractivity contribution in [3.8, 4) is 0 Å². The summed E-state index contributed by atoms with van der Waals surface area (Å²) in [6, 6.07) is 14.4. The van der Waals surface area contributed by atoms with Gasteiger partial charge in [0, 0.05) is 11.6 Å². The fraction of sp³-hybridized carbons (Fsp3) is 0.375. The smallest absolute Gasteiger partial charge is 0.321 e. The van der Waals surface area contributed by atoms with E-state index in [1.165, 1.54) is 0 Å². The van der Waals surface area contributed by atoms with Crippen molar-refractivity contribution in [3.05, 3.63) is 59.1 Å². The summed E-state index contributed by atoms with van der Waals surface area (Å²) in [5, 5.41) is 0.545. The summed E-state index contributed by atoms with van der Waals surface area (Å²) >= 11 is 6.28. The first-order valence-electron chi connectivity index (χ1n) is 10.8.